The van der Waals surface area contributed by atoms with E-state index in [1.807, 2.05) is 33.3 Å². The number of ether oxygens (including phenoxy) is 1. The Hall–Kier alpha value is -1.77. The van der Waals surface area contributed by atoms with E-state index in [1.165, 1.54) is 263 Å². The summed E-state index contributed by atoms with van der Waals surface area (Å²) in [4.78, 5) is 37.8. The minimum atomic E-state index is -4.45. The van der Waals surface area contributed by atoms with Gasteiger partial charge in [0, 0.05) is 12.8 Å². The molecule has 1 amide bonds. The molecular formula is C71H138N2O7P+. The van der Waals surface area contributed by atoms with Gasteiger partial charge in [-0.2, -0.15) is 0 Å². The van der Waals surface area contributed by atoms with E-state index in [-0.39, 0.29) is 25.1 Å². The summed E-state index contributed by atoms with van der Waals surface area (Å²) in [5, 5.41) is 3.07. The van der Waals surface area contributed by atoms with Crippen molar-refractivity contribution in [1.82, 2.24) is 5.32 Å². The molecule has 3 atom stereocenters. The van der Waals surface area contributed by atoms with Crippen LogP contribution in [0.2, 0.25) is 0 Å². The van der Waals surface area contributed by atoms with Crippen molar-refractivity contribution in [1.29, 1.82) is 0 Å². The molecule has 0 aliphatic carbocycles. The van der Waals surface area contributed by atoms with Crippen LogP contribution in [-0.2, 0) is 27.9 Å². The van der Waals surface area contributed by atoms with E-state index in [0.717, 1.165) is 57.8 Å². The minimum absolute atomic E-state index is 0.0424. The number of amides is 1. The maximum Gasteiger partial charge on any atom is 0.472 e. The molecule has 81 heavy (non-hydrogen) atoms. The van der Waals surface area contributed by atoms with Gasteiger partial charge in [-0.15, -0.1) is 0 Å². The third-order valence-corrected chi connectivity index (χ3v) is 17.0. The van der Waals surface area contributed by atoms with Gasteiger partial charge in [-0.25, -0.2) is 4.57 Å². The smallest absolute Gasteiger partial charge is 0.456 e. The van der Waals surface area contributed by atoms with Crippen LogP contribution in [0.5, 0.6) is 0 Å². The second kappa shape index (κ2) is 61.3. The number of carbonyl (C=O) groups excluding carboxylic acids is 2. The van der Waals surface area contributed by atoms with Crippen LogP contribution in [0, 0.1) is 0 Å². The van der Waals surface area contributed by atoms with Crippen LogP contribution in [0.3, 0.4) is 0 Å². The maximum atomic E-state index is 13.6. The van der Waals surface area contributed by atoms with Gasteiger partial charge in [-0.3, -0.25) is 18.6 Å². The van der Waals surface area contributed by atoms with Crippen LogP contribution in [0.15, 0.2) is 36.5 Å². The van der Waals surface area contributed by atoms with E-state index in [0.29, 0.717) is 23.9 Å². The average molecular weight is 1160 g/mol. The molecule has 0 rings (SSSR count). The second-order valence-corrected chi connectivity index (χ2v) is 26.9. The number of esters is 1. The Morgan fingerprint density at radius 2 is 0.716 bits per heavy atom. The molecule has 0 aliphatic heterocycles. The largest absolute Gasteiger partial charge is 0.472 e. The Morgan fingerprint density at radius 3 is 1.05 bits per heavy atom. The van der Waals surface area contributed by atoms with Crippen LogP contribution in [0.1, 0.15) is 355 Å². The highest BCUT2D eigenvalue weighted by Crippen LogP contribution is 2.43. The average Bonchev–Trinajstić information content (AvgIpc) is 3.44. The molecule has 0 aromatic heterocycles. The summed E-state index contributed by atoms with van der Waals surface area (Å²) in [5.41, 5.74) is 0. The fourth-order valence-corrected chi connectivity index (χ4v) is 11.3. The zero-order chi connectivity index (χ0) is 59.3. The van der Waals surface area contributed by atoms with Crippen molar-refractivity contribution in [2.24, 2.45) is 0 Å². The molecule has 0 spiro atoms. The summed E-state index contributed by atoms with van der Waals surface area (Å²) in [7, 11) is 1.51. The van der Waals surface area contributed by atoms with E-state index < -0.39 is 20.0 Å². The third-order valence-electron chi connectivity index (χ3n) is 16.1. The first-order chi connectivity index (χ1) is 39.4. The number of nitrogens with one attached hydrogen (secondary N) is 1. The number of allylic oxidation sites excluding steroid dienone is 5. The van der Waals surface area contributed by atoms with Gasteiger partial charge in [0.1, 0.15) is 19.3 Å². The van der Waals surface area contributed by atoms with Gasteiger partial charge in [-0.05, 0) is 83.1 Å². The molecule has 10 heteroatoms. The summed E-state index contributed by atoms with van der Waals surface area (Å²) in [5.74, 6) is -0.490. The number of nitrogens with zero attached hydrogens (tertiary/aromatic N) is 1. The number of hydrogen-bond acceptors (Lipinski definition) is 6. The van der Waals surface area contributed by atoms with Crippen LogP contribution < -0.4 is 5.32 Å². The molecular weight excluding hydrogens is 1020 g/mol. The Morgan fingerprint density at radius 1 is 0.420 bits per heavy atom. The normalized spacial score (nSPS) is 13.7. The first kappa shape index (κ1) is 79.2. The third kappa shape index (κ3) is 62.6. The highest BCUT2D eigenvalue weighted by Gasteiger charge is 2.30. The zero-order valence-electron chi connectivity index (χ0n) is 54.8. The number of unbranched alkanes of at least 4 members (excludes halogenated alkanes) is 45. The topological polar surface area (TPSA) is 111 Å². The lowest BCUT2D eigenvalue weighted by Crippen LogP contribution is -2.47. The Labute approximate surface area is 504 Å². The second-order valence-electron chi connectivity index (χ2n) is 25.4. The fourth-order valence-electron chi connectivity index (χ4n) is 10.6. The first-order valence-corrected chi connectivity index (χ1v) is 36.8. The SMILES string of the molecule is CCCCCCCC/C=C/CCCCCCCCCCCCCCCCCC(=O)NC(COP(=O)(O)OCC[N+](C)(C)C)C(/C=C\CCCCCCCCCCC)OC(=O)CCCCCCCCCCC/C=C/CCCCCCCC. The Balaban J connectivity index is 5.00. The molecule has 0 fully saturated rings. The number of likely N-dealkylation sites (N-methyl/N-ethyl adjacent to an activating group) is 1. The first-order valence-electron chi connectivity index (χ1n) is 35.3. The van der Waals surface area contributed by atoms with Gasteiger partial charge >= 0.3 is 13.8 Å². The molecule has 0 aliphatic rings. The number of hydrogen-bond donors (Lipinski definition) is 2. The highest BCUT2D eigenvalue weighted by molar-refractivity contribution is 7.47. The molecule has 9 nitrogen and oxygen atoms in total. The summed E-state index contributed by atoms with van der Waals surface area (Å²) < 4.78 is 30.8. The maximum absolute atomic E-state index is 13.6. The quantitative estimate of drug-likeness (QED) is 0.0205. The lowest BCUT2D eigenvalue weighted by Gasteiger charge is -2.27. The van der Waals surface area contributed by atoms with Crippen molar-refractivity contribution >= 4 is 19.7 Å². The molecule has 0 bridgehead atoms. The van der Waals surface area contributed by atoms with Crippen LogP contribution >= 0.6 is 7.82 Å². The van der Waals surface area contributed by atoms with Gasteiger partial charge in [0.25, 0.3) is 0 Å². The van der Waals surface area contributed by atoms with Crippen LogP contribution in [0.4, 0.5) is 0 Å². The van der Waals surface area contributed by atoms with Crippen LogP contribution in [0.25, 0.3) is 0 Å². The molecule has 0 heterocycles. The number of rotatable bonds is 65. The van der Waals surface area contributed by atoms with E-state index in [1.54, 1.807) is 0 Å². The van der Waals surface area contributed by atoms with E-state index in [4.69, 9.17) is 13.8 Å². The lowest BCUT2D eigenvalue weighted by atomic mass is 10.0. The van der Waals surface area contributed by atoms with Gasteiger partial charge in [0.05, 0.1) is 33.8 Å². The molecule has 0 saturated heterocycles. The fraction of sp³-hybridized carbons (Fsp3) is 0.887. The summed E-state index contributed by atoms with van der Waals surface area (Å²) in [6, 6.07) is -0.846. The summed E-state index contributed by atoms with van der Waals surface area (Å²) in [6.07, 6.45) is 75.9. The zero-order valence-corrected chi connectivity index (χ0v) is 55.7. The molecule has 0 aromatic rings. The van der Waals surface area contributed by atoms with Crippen LogP contribution in [-0.4, -0.2) is 74.3 Å². The lowest BCUT2D eigenvalue weighted by molar-refractivity contribution is -0.870. The van der Waals surface area contributed by atoms with E-state index in [2.05, 4.69) is 50.4 Å². The van der Waals surface area contributed by atoms with Crippen molar-refractivity contribution in [3.63, 3.8) is 0 Å². The van der Waals surface area contributed by atoms with Gasteiger partial charge in [0.15, 0.2) is 0 Å². The van der Waals surface area contributed by atoms with E-state index >= 15 is 0 Å². The molecule has 3 unspecified atom stereocenters. The van der Waals surface area contributed by atoms with Gasteiger partial charge in [-0.1, -0.05) is 295 Å². The number of quaternary nitrogens is 1. The summed E-state index contributed by atoms with van der Waals surface area (Å²) in [6.45, 7) is 7.05. The van der Waals surface area contributed by atoms with Crippen molar-refractivity contribution in [3.8, 4) is 0 Å². The minimum Gasteiger partial charge on any atom is -0.456 e. The van der Waals surface area contributed by atoms with Crippen molar-refractivity contribution in [2.75, 3.05) is 40.9 Å². The Kier molecular flexibility index (Phi) is 60.0. The van der Waals surface area contributed by atoms with Gasteiger partial charge in [0.2, 0.25) is 5.91 Å². The van der Waals surface area contributed by atoms with Crippen molar-refractivity contribution < 1.29 is 37.3 Å². The highest BCUT2D eigenvalue weighted by atomic mass is 31.2. The van der Waals surface area contributed by atoms with Gasteiger partial charge < -0.3 is 19.4 Å². The van der Waals surface area contributed by atoms with E-state index in [9.17, 15) is 19.0 Å². The standard InChI is InChI=1S/C71H137N2O7P/c1-7-10-13-16-19-22-25-27-29-31-33-34-35-36-37-38-40-41-43-45-48-51-54-57-60-63-70(74)72-68(67-79-81(76,77)78-66-65-73(4,5)6)69(62-59-56-53-50-47-24-21-18-15-12-9-3)80-71(75)64-61-58-55-52-49-46-44-42-39-32-30-28-26-23-20-17-14-11-8-2/h27-30,59,62,68-69H,7-26,31-58,60-61,63-67H2,1-6H3,(H-,72,74,76,77)/p+1/b29-27+,30-28+,62-59-. The molecule has 2 N–H and O–H groups in total. The molecule has 478 valence electrons. The van der Waals surface area contributed by atoms with Crippen molar-refractivity contribution in [3.05, 3.63) is 36.5 Å². The Bertz CT molecular complexity index is 1480. The molecule has 0 saturated carbocycles. The predicted octanol–water partition coefficient (Wildman–Crippen LogP) is 22.2. The number of phosphoric ester groups is 1. The monoisotopic (exact) mass is 1160 g/mol. The molecule has 0 radical (unpaired) electrons. The predicted molar refractivity (Wildman–Crippen MR) is 351 cm³/mol. The number of carbonyl (C=O) groups is 2. The molecule has 0 aromatic carbocycles. The van der Waals surface area contributed by atoms with Crippen molar-refractivity contribution in [2.45, 2.75) is 367 Å². The summed E-state index contributed by atoms with van der Waals surface area (Å²) >= 11 is 0. The number of phosphoric acid groups is 1.